The molecule has 0 radical (unpaired) electrons. The summed E-state index contributed by atoms with van der Waals surface area (Å²) in [7, 11) is -3.12. The predicted molar refractivity (Wildman–Crippen MR) is 73.3 cm³/mol. The minimum absolute atomic E-state index is 0.243. The summed E-state index contributed by atoms with van der Waals surface area (Å²) in [4.78, 5) is 0. The summed E-state index contributed by atoms with van der Waals surface area (Å²) < 4.78 is 26.4. The summed E-state index contributed by atoms with van der Waals surface area (Å²) in [6.07, 6.45) is 2.28. The van der Waals surface area contributed by atoms with Crippen LogP contribution in [-0.4, -0.2) is 28.9 Å². The Hall–Kier alpha value is -0.950. The van der Waals surface area contributed by atoms with Crippen molar-refractivity contribution in [2.75, 3.05) is 5.75 Å². The molecule has 0 saturated carbocycles. The van der Waals surface area contributed by atoms with E-state index in [0.717, 1.165) is 12.8 Å². The lowest BCUT2D eigenvalue weighted by molar-refractivity contribution is 0.363. The van der Waals surface area contributed by atoms with E-state index in [1.165, 1.54) is 0 Å². The molecule has 1 aliphatic heterocycles. The van der Waals surface area contributed by atoms with Gasteiger partial charge in [-0.1, -0.05) is 6.42 Å². The molecule has 2 heterocycles. The minimum atomic E-state index is -3.12. The second-order valence-corrected chi connectivity index (χ2v) is 8.34. The standard InChI is InChI=1S/C12H22N4O2S/c1-12(2,3)16-10(8-13)14-15-11(16)9-6-4-5-7-19(9,17)18/h9H,4-8,13H2,1-3H3. The van der Waals surface area contributed by atoms with Crippen LogP contribution in [0.5, 0.6) is 0 Å². The summed E-state index contributed by atoms with van der Waals surface area (Å²) in [5, 5.41) is 7.66. The van der Waals surface area contributed by atoms with Gasteiger partial charge in [0.1, 0.15) is 11.1 Å². The summed E-state index contributed by atoms with van der Waals surface area (Å²) in [6.45, 7) is 6.29. The Morgan fingerprint density at radius 3 is 2.53 bits per heavy atom. The largest absolute Gasteiger partial charge is 0.324 e. The summed E-state index contributed by atoms with van der Waals surface area (Å²) >= 11 is 0. The van der Waals surface area contributed by atoms with E-state index < -0.39 is 15.1 Å². The van der Waals surface area contributed by atoms with E-state index in [-0.39, 0.29) is 17.8 Å². The Morgan fingerprint density at radius 2 is 2.00 bits per heavy atom. The quantitative estimate of drug-likeness (QED) is 0.880. The van der Waals surface area contributed by atoms with E-state index in [4.69, 9.17) is 5.73 Å². The van der Waals surface area contributed by atoms with Gasteiger partial charge in [0.05, 0.1) is 12.3 Å². The number of sulfone groups is 1. The third-order valence-electron chi connectivity index (χ3n) is 3.48. The van der Waals surface area contributed by atoms with E-state index in [9.17, 15) is 8.42 Å². The first-order chi connectivity index (χ1) is 8.77. The third-order valence-corrected chi connectivity index (χ3v) is 5.65. The van der Waals surface area contributed by atoms with E-state index in [2.05, 4.69) is 10.2 Å². The topological polar surface area (TPSA) is 90.9 Å². The van der Waals surface area contributed by atoms with Crippen LogP contribution in [-0.2, 0) is 21.9 Å². The minimum Gasteiger partial charge on any atom is -0.324 e. The van der Waals surface area contributed by atoms with E-state index in [0.29, 0.717) is 18.1 Å². The Bertz CT molecular complexity index is 557. The first-order valence-electron chi connectivity index (χ1n) is 6.63. The Labute approximate surface area is 114 Å². The van der Waals surface area contributed by atoms with E-state index >= 15 is 0 Å². The maximum atomic E-state index is 12.2. The van der Waals surface area contributed by atoms with Gasteiger partial charge in [-0.25, -0.2) is 8.42 Å². The van der Waals surface area contributed by atoms with Crippen LogP contribution in [0.1, 0.15) is 56.9 Å². The van der Waals surface area contributed by atoms with Crippen LogP contribution < -0.4 is 5.73 Å². The Kier molecular flexibility index (Phi) is 3.70. The normalized spacial score (nSPS) is 23.5. The molecule has 108 valence electrons. The van der Waals surface area contributed by atoms with Crippen molar-refractivity contribution < 1.29 is 8.42 Å². The monoisotopic (exact) mass is 286 g/mol. The molecular weight excluding hydrogens is 264 g/mol. The van der Waals surface area contributed by atoms with Gasteiger partial charge in [0, 0.05) is 5.54 Å². The molecule has 1 atom stereocenters. The highest BCUT2D eigenvalue weighted by atomic mass is 32.2. The molecule has 1 aromatic rings. The highest BCUT2D eigenvalue weighted by Crippen LogP contribution is 2.34. The van der Waals surface area contributed by atoms with Gasteiger partial charge >= 0.3 is 0 Å². The smallest absolute Gasteiger partial charge is 0.160 e. The zero-order valence-corrected chi connectivity index (χ0v) is 12.6. The van der Waals surface area contributed by atoms with Crippen LogP contribution >= 0.6 is 0 Å². The van der Waals surface area contributed by atoms with Crippen molar-refractivity contribution >= 4 is 9.84 Å². The first-order valence-corrected chi connectivity index (χ1v) is 8.35. The zero-order valence-electron chi connectivity index (χ0n) is 11.8. The van der Waals surface area contributed by atoms with Crippen LogP contribution in [0, 0.1) is 0 Å². The maximum absolute atomic E-state index is 12.2. The molecule has 0 spiro atoms. The second-order valence-electron chi connectivity index (χ2n) is 6.04. The van der Waals surface area contributed by atoms with Crippen molar-refractivity contribution in [1.82, 2.24) is 14.8 Å². The third kappa shape index (κ3) is 2.67. The molecule has 1 aromatic heterocycles. The second kappa shape index (κ2) is 4.86. The lowest BCUT2D eigenvalue weighted by atomic mass is 10.1. The molecule has 6 nitrogen and oxygen atoms in total. The molecule has 1 unspecified atom stereocenters. The molecule has 7 heteroatoms. The van der Waals surface area contributed by atoms with Gasteiger partial charge < -0.3 is 10.3 Å². The van der Waals surface area contributed by atoms with Crippen LogP contribution in [0.25, 0.3) is 0 Å². The van der Waals surface area contributed by atoms with Gasteiger partial charge in [-0.2, -0.15) is 0 Å². The van der Waals surface area contributed by atoms with Gasteiger partial charge in [0.25, 0.3) is 0 Å². The number of hydrogen-bond acceptors (Lipinski definition) is 5. The van der Waals surface area contributed by atoms with E-state index in [1.807, 2.05) is 25.3 Å². The average Bonchev–Trinajstić information content (AvgIpc) is 2.71. The summed E-state index contributed by atoms with van der Waals surface area (Å²) in [5.74, 6) is 1.43. The first kappa shape index (κ1) is 14.5. The van der Waals surface area contributed by atoms with Crippen molar-refractivity contribution in [3.8, 4) is 0 Å². The molecule has 0 aromatic carbocycles. The van der Waals surface area contributed by atoms with E-state index in [1.54, 1.807) is 0 Å². The molecule has 0 bridgehead atoms. The van der Waals surface area contributed by atoms with Crippen molar-refractivity contribution in [3.63, 3.8) is 0 Å². The average molecular weight is 286 g/mol. The Morgan fingerprint density at radius 1 is 1.32 bits per heavy atom. The highest BCUT2D eigenvalue weighted by Gasteiger charge is 2.36. The van der Waals surface area contributed by atoms with Crippen molar-refractivity contribution in [2.45, 2.75) is 57.4 Å². The molecule has 0 aliphatic carbocycles. The maximum Gasteiger partial charge on any atom is 0.160 e. The number of aromatic nitrogens is 3. The van der Waals surface area contributed by atoms with Crippen molar-refractivity contribution in [3.05, 3.63) is 11.6 Å². The number of nitrogens with two attached hydrogens (primary N) is 1. The number of rotatable bonds is 2. The van der Waals surface area contributed by atoms with Gasteiger partial charge in [-0.05, 0) is 33.6 Å². The molecule has 1 saturated heterocycles. The van der Waals surface area contributed by atoms with Crippen LogP contribution in [0.2, 0.25) is 0 Å². The lowest BCUT2D eigenvalue weighted by Gasteiger charge is -2.29. The fourth-order valence-electron chi connectivity index (χ4n) is 2.65. The van der Waals surface area contributed by atoms with Crippen molar-refractivity contribution in [1.29, 1.82) is 0 Å². The van der Waals surface area contributed by atoms with Crippen LogP contribution in [0.4, 0.5) is 0 Å². The highest BCUT2D eigenvalue weighted by molar-refractivity contribution is 7.91. The van der Waals surface area contributed by atoms with Gasteiger partial charge in [0.15, 0.2) is 15.7 Å². The summed E-state index contributed by atoms with van der Waals surface area (Å²) in [5.41, 5.74) is 5.41. The molecular formula is C12H22N4O2S. The molecule has 0 amide bonds. The molecule has 2 N–H and O–H groups in total. The van der Waals surface area contributed by atoms with Crippen LogP contribution in [0.3, 0.4) is 0 Å². The Balaban J connectivity index is 2.54. The van der Waals surface area contributed by atoms with Crippen molar-refractivity contribution in [2.24, 2.45) is 5.73 Å². The van der Waals surface area contributed by atoms with Gasteiger partial charge in [-0.3, -0.25) is 0 Å². The molecule has 2 rings (SSSR count). The molecule has 1 aliphatic rings. The predicted octanol–water partition coefficient (Wildman–Crippen LogP) is 1.13. The summed E-state index contributed by atoms with van der Waals surface area (Å²) in [6, 6.07) is 0. The fourth-order valence-corrected chi connectivity index (χ4v) is 4.54. The molecule has 1 fully saturated rings. The number of hydrogen-bond donors (Lipinski definition) is 1. The van der Waals surface area contributed by atoms with Gasteiger partial charge in [0.2, 0.25) is 0 Å². The lowest BCUT2D eigenvalue weighted by Crippen LogP contribution is -2.32. The number of nitrogens with zero attached hydrogens (tertiary/aromatic N) is 3. The van der Waals surface area contributed by atoms with Crippen LogP contribution in [0.15, 0.2) is 0 Å². The van der Waals surface area contributed by atoms with Gasteiger partial charge in [-0.15, -0.1) is 10.2 Å². The zero-order chi connectivity index (χ0) is 14.3. The fraction of sp³-hybridized carbons (Fsp3) is 0.833. The SMILES string of the molecule is CC(C)(C)n1c(CN)nnc1C1CCCCS1(=O)=O. The molecule has 19 heavy (non-hydrogen) atoms.